The van der Waals surface area contributed by atoms with Gasteiger partial charge in [-0.3, -0.25) is 4.68 Å². The fraction of sp³-hybridized carbons (Fsp3) is 0.250. The van der Waals surface area contributed by atoms with Gasteiger partial charge in [0, 0.05) is 19.5 Å². The van der Waals surface area contributed by atoms with Crippen molar-refractivity contribution >= 4 is 10.8 Å². The first-order chi connectivity index (χ1) is 9.79. The molecular formula is C16H18N4. The third-order valence-electron chi connectivity index (χ3n) is 3.74. The van der Waals surface area contributed by atoms with Crippen LogP contribution in [0.3, 0.4) is 0 Å². The highest BCUT2D eigenvalue weighted by atomic mass is 15.3. The summed E-state index contributed by atoms with van der Waals surface area (Å²) in [6.07, 6.45) is 2.42. The van der Waals surface area contributed by atoms with Crippen LogP contribution in [-0.2, 0) is 13.5 Å². The largest absolute Gasteiger partial charge is 0.313 e. The smallest absolute Gasteiger partial charge is 0.138 e. The molecule has 4 heteroatoms. The summed E-state index contributed by atoms with van der Waals surface area (Å²) in [6.45, 7) is 0. The van der Waals surface area contributed by atoms with Gasteiger partial charge in [0.05, 0.1) is 0 Å². The first-order valence-corrected chi connectivity index (χ1v) is 6.77. The van der Waals surface area contributed by atoms with E-state index in [0.717, 1.165) is 12.2 Å². The van der Waals surface area contributed by atoms with Crippen molar-refractivity contribution in [2.45, 2.75) is 12.5 Å². The lowest BCUT2D eigenvalue weighted by Crippen LogP contribution is -2.21. The zero-order valence-corrected chi connectivity index (χ0v) is 11.7. The van der Waals surface area contributed by atoms with Crippen LogP contribution in [0, 0.1) is 0 Å². The van der Waals surface area contributed by atoms with E-state index in [1.807, 2.05) is 18.8 Å². The van der Waals surface area contributed by atoms with Crippen molar-refractivity contribution in [3.05, 3.63) is 60.2 Å². The van der Waals surface area contributed by atoms with E-state index >= 15 is 0 Å². The van der Waals surface area contributed by atoms with Crippen molar-refractivity contribution in [2.75, 3.05) is 7.05 Å². The van der Waals surface area contributed by atoms with Crippen molar-refractivity contribution in [1.82, 2.24) is 20.1 Å². The summed E-state index contributed by atoms with van der Waals surface area (Å²) in [5.74, 6) is 0.984. The number of hydrogen-bond donors (Lipinski definition) is 1. The lowest BCUT2D eigenvalue weighted by atomic mass is 9.96. The molecule has 0 fully saturated rings. The van der Waals surface area contributed by atoms with Crippen molar-refractivity contribution in [3.8, 4) is 0 Å². The molecular weight excluding hydrogens is 248 g/mol. The van der Waals surface area contributed by atoms with Gasteiger partial charge in [0.15, 0.2) is 0 Å². The average Bonchev–Trinajstić information content (AvgIpc) is 2.89. The van der Waals surface area contributed by atoms with Crippen LogP contribution in [0.5, 0.6) is 0 Å². The fourth-order valence-corrected chi connectivity index (χ4v) is 2.61. The van der Waals surface area contributed by atoms with Crippen LogP contribution in [0.4, 0.5) is 0 Å². The Kier molecular flexibility index (Phi) is 3.48. The number of aromatic nitrogens is 3. The van der Waals surface area contributed by atoms with Crippen LogP contribution in [0.1, 0.15) is 17.4 Å². The van der Waals surface area contributed by atoms with Crippen molar-refractivity contribution in [1.29, 1.82) is 0 Å². The fourth-order valence-electron chi connectivity index (χ4n) is 2.61. The molecule has 3 rings (SSSR count). The molecule has 0 radical (unpaired) electrons. The predicted molar refractivity (Wildman–Crippen MR) is 80.5 cm³/mol. The van der Waals surface area contributed by atoms with E-state index in [4.69, 9.17) is 0 Å². The highest BCUT2D eigenvalue weighted by Crippen LogP contribution is 2.25. The van der Waals surface area contributed by atoms with Crippen molar-refractivity contribution < 1.29 is 0 Å². The highest BCUT2D eigenvalue weighted by molar-refractivity contribution is 5.86. The van der Waals surface area contributed by atoms with Gasteiger partial charge in [0.25, 0.3) is 0 Å². The van der Waals surface area contributed by atoms with Gasteiger partial charge in [-0.25, -0.2) is 4.98 Å². The molecule has 0 saturated heterocycles. The van der Waals surface area contributed by atoms with Gasteiger partial charge >= 0.3 is 0 Å². The molecule has 4 nitrogen and oxygen atoms in total. The Labute approximate surface area is 118 Å². The highest BCUT2D eigenvalue weighted by Gasteiger charge is 2.15. The van der Waals surface area contributed by atoms with Gasteiger partial charge in [-0.05, 0) is 23.4 Å². The minimum absolute atomic E-state index is 0.226. The molecule has 0 aliphatic heterocycles. The zero-order chi connectivity index (χ0) is 13.9. The molecule has 0 aliphatic rings. The first kappa shape index (κ1) is 12.8. The SMILES string of the molecule is CNC(Cc1ncnn1C)c1cccc2ccccc12. The van der Waals surface area contributed by atoms with Crippen LogP contribution in [0.15, 0.2) is 48.8 Å². The number of aryl methyl sites for hydroxylation is 1. The van der Waals surface area contributed by atoms with E-state index in [1.54, 1.807) is 6.33 Å². The summed E-state index contributed by atoms with van der Waals surface area (Å²) >= 11 is 0. The third-order valence-corrected chi connectivity index (χ3v) is 3.74. The van der Waals surface area contributed by atoms with E-state index in [0.29, 0.717) is 0 Å². The van der Waals surface area contributed by atoms with Crippen LogP contribution in [-0.4, -0.2) is 21.8 Å². The molecule has 1 unspecified atom stereocenters. The van der Waals surface area contributed by atoms with E-state index < -0.39 is 0 Å². The molecule has 0 amide bonds. The maximum Gasteiger partial charge on any atom is 0.138 e. The topological polar surface area (TPSA) is 42.7 Å². The van der Waals surface area contributed by atoms with Gasteiger partial charge in [-0.15, -0.1) is 0 Å². The second-order valence-electron chi connectivity index (χ2n) is 4.91. The van der Waals surface area contributed by atoms with Crippen LogP contribution in [0.2, 0.25) is 0 Å². The Bertz CT molecular complexity index is 712. The quantitative estimate of drug-likeness (QED) is 0.789. The first-order valence-electron chi connectivity index (χ1n) is 6.77. The van der Waals surface area contributed by atoms with E-state index in [9.17, 15) is 0 Å². The molecule has 3 aromatic rings. The minimum Gasteiger partial charge on any atom is -0.313 e. The maximum absolute atomic E-state index is 4.32. The zero-order valence-electron chi connectivity index (χ0n) is 11.7. The molecule has 0 spiro atoms. The number of hydrogen-bond acceptors (Lipinski definition) is 3. The molecule has 1 N–H and O–H groups in total. The van der Waals surface area contributed by atoms with E-state index in [-0.39, 0.29) is 6.04 Å². The molecule has 0 aliphatic carbocycles. The molecule has 1 heterocycles. The van der Waals surface area contributed by atoms with E-state index in [1.165, 1.54) is 16.3 Å². The van der Waals surface area contributed by atoms with E-state index in [2.05, 4.69) is 57.9 Å². The van der Waals surface area contributed by atoms with Crippen molar-refractivity contribution in [3.63, 3.8) is 0 Å². The van der Waals surface area contributed by atoms with Gasteiger partial charge in [-0.1, -0.05) is 42.5 Å². The molecule has 20 heavy (non-hydrogen) atoms. The molecule has 0 bridgehead atoms. The summed E-state index contributed by atoms with van der Waals surface area (Å²) in [7, 11) is 3.92. The lowest BCUT2D eigenvalue weighted by Gasteiger charge is -2.18. The van der Waals surface area contributed by atoms with Crippen molar-refractivity contribution in [2.24, 2.45) is 7.05 Å². The van der Waals surface area contributed by atoms with Crippen LogP contribution < -0.4 is 5.32 Å². The Hall–Kier alpha value is -2.20. The second-order valence-corrected chi connectivity index (χ2v) is 4.91. The minimum atomic E-state index is 0.226. The molecule has 2 aromatic carbocycles. The summed E-state index contributed by atoms with van der Waals surface area (Å²) in [5, 5.41) is 10.1. The number of likely N-dealkylation sites (N-methyl/N-ethyl adjacent to an activating group) is 1. The van der Waals surface area contributed by atoms with Crippen LogP contribution in [0.25, 0.3) is 10.8 Å². The molecule has 1 aromatic heterocycles. The number of benzene rings is 2. The second kappa shape index (κ2) is 5.43. The standard InChI is InChI=1S/C16H18N4/c1-17-15(10-16-18-11-19-20(16)2)14-9-5-7-12-6-3-4-8-13(12)14/h3-9,11,15,17H,10H2,1-2H3. The summed E-state index contributed by atoms with van der Waals surface area (Å²) in [4.78, 5) is 4.32. The van der Waals surface area contributed by atoms with Gasteiger partial charge in [0.1, 0.15) is 12.2 Å². The monoisotopic (exact) mass is 266 g/mol. The van der Waals surface area contributed by atoms with Gasteiger partial charge in [0.2, 0.25) is 0 Å². The molecule has 1 atom stereocenters. The maximum atomic E-state index is 4.32. The van der Waals surface area contributed by atoms with Gasteiger partial charge < -0.3 is 5.32 Å². The lowest BCUT2D eigenvalue weighted by molar-refractivity contribution is 0.556. The number of fused-ring (bicyclic) bond motifs is 1. The number of nitrogens with zero attached hydrogens (tertiary/aromatic N) is 3. The normalized spacial score (nSPS) is 12.7. The predicted octanol–water partition coefficient (Wildman–Crippen LogP) is 2.47. The number of nitrogens with one attached hydrogen (secondary N) is 1. The Balaban J connectivity index is 2.01. The summed E-state index contributed by atoms with van der Waals surface area (Å²) in [5.41, 5.74) is 1.30. The Morgan fingerprint density at radius 2 is 1.95 bits per heavy atom. The Morgan fingerprint density at radius 1 is 1.15 bits per heavy atom. The third kappa shape index (κ3) is 2.30. The van der Waals surface area contributed by atoms with Crippen LogP contribution >= 0.6 is 0 Å². The average molecular weight is 266 g/mol. The molecule has 102 valence electrons. The Morgan fingerprint density at radius 3 is 2.70 bits per heavy atom. The summed E-state index contributed by atoms with van der Waals surface area (Å²) in [6, 6.07) is 15.1. The van der Waals surface area contributed by atoms with Gasteiger partial charge in [-0.2, -0.15) is 5.10 Å². The number of rotatable bonds is 4. The molecule has 0 saturated carbocycles. The summed E-state index contributed by atoms with van der Waals surface area (Å²) < 4.78 is 1.83.